The number of amides is 4. The molecule has 4 amide bonds. The Bertz CT molecular complexity index is 2230. The monoisotopic (exact) mass is 991 g/mol. The molecule has 1 fully saturated rings. The Hall–Kier alpha value is -5.41. The summed E-state index contributed by atoms with van der Waals surface area (Å²) in [4.78, 5) is 105. The molecule has 0 radical (unpaired) electrons. The topological polar surface area (TPSA) is 216 Å². The van der Waals surface area contributed by atoms with E-state index in [1.54, 1.807) is 45.0 Å². The lowest BCUT2D eigenvalue weighted by atomic mass is 9.86. The average molecular weight is 992 g/mol. The van der Waals surface area contributed by atoms with Crippen LogP contribution in [0.25, 0.3) is 0 Å². The van der Waals surface area contributed by atoms with Crippen LogP contribution in [0.3, 0.4) is 0 Å². The van der Waals surface area contributed by atoms with Crippen molar-refractivity contribution in [3.8, 4) is 5.75 Å². The number of aryl methyl sites for hydroxylation is 1. The predicted molar refractivity (Wildman–Crippen MR) is 267 cm³/mol. The minimum absolute atomic E-state index is 0.0188. The highest BCUT2D eigenvalue weighted by Crippen LogP contribution is 2.45. The standard InChI is InChI=1S/C54H75ClN4O11/c1-31(2)39(28-38(61)15-12-14-32(3)60)49(64)57-34(5)43(62)24-20-35-18-22-37(23-19-35)48-47(70-48)33(4)44-16-13-17-46(63)58-41(27-36-21-25-45(68-11)40(55)26-36)50(65)56-30-54(9,10)52(67)59-42(51(66)69-44)29-53(6,7)8/h13,17-19,21-23,25-26,31,33-34,39,41-42,44,47-48H,12,14-16,20,24,27-30H2,1-11H3,(H,56,65)(H,57,64)(H,58,63)(H,59,67)/b17-13+/t33-,34-,39-,41+,42-,44-,47+,48+/m0/s1. The van der Waals surface area contributed by atoms with Crippen LogP contribution in [0.2, 0.25) is 5.02 Å². The van der Waals surface area contributed by atoms with Gasteiger partial charge < -0.3 is 40.3 Å². The summed E-state index contributed by atoms with van der Waals surface area (Å²) in [5, 5.41) is 11.7. The summed E-state index contributed by atoms with van der Waals surface area (Å²) in [6.07, 6.45) is 3.67. The molecule has 1 saturated heterocycles. The van der Waals surface area contributed by atoms with E-state index in [1.807, 2.05) is 65.8 Å². The zero-order chi connectivity index (χ0) is 52.1. The normalized spacial score (nSPS) is 22.8. The van der Waals surface area contributed by atoms with Gasteiger partial charge in [-0.25, -0.2) is 4.79 Å². The van der Waals surface area contributed by atoms with Gasteiger partial charge in [0.25, 0.3) is 0 Å². The second-order valence-electron chi connectivity index (χ2n) is 21.2. The van der Waals surface area contributed by atoms with Crippen molar-refractivity contribution in [2.75, 3.05) is 13.7 Å². The number of esters is 1. The van der Waals surface area contributed by atoms with Crippen LogP contribution < -0.4 is 26.0 Å². The number of carbonyl (C=O) groups excluding carboxylic acids is 8. The van der Waals surface area contributed by atoms with Gasteiger partial charge in [-0.2, -0.15) is 0 Å². The second-order valence-corrected chi connectivity index (χ2v) is 21.6. The second kappa shape index (κ2) is 25.6. The number of hydrogen-bond donors (Lipinski definition) is 4. The van der Waals surface area contributed by atoms with Crippen molar-refractivity contribution in [2.24, 2.45) is 28.6 Å². The molecule has 2 aliphatic heterocycles. The van der Waals surface area contributed by atoms with Crippen molar-refractivity contribution < 1.29 is 52.6 Å². The van der Waals surface area contributed by atoms with Crippen molar-refractivity contribution in [1.29, 1.82) is 0 Å². The van der Waals surface area contributed by atoms with E-state index in [9.17, 15) is 38.4 Å². The van der Waals surface area contributed by atoms with E-state index in [1.165, 1.54) is 20.1 Å². The number of rotatable bonds is 20. The summed E-state index contributed by atoms with van der Waals surface area (Å²) in [5.41, 5.74) is 0.925. The zero-order valence-electron chi connectivity index (χ0n) is 42.8. The predicted octanol–water partition coefficient (Wildman–Crippen LogP) is 7.08. The maximum atomic E-state index is 14.1. The first-order chi connectivity index (χ1) is 32.8. The lowest BCUT2D eigenvalue weighted by Crippen LogP contribution is -2.54. The van der Waals surface area contributed by atoms with E-state index in [4.69, 9.17) is 25.8 Å². The molecule has 0 aliphatic carbocycles. The van der Waals surface area contributed by atoms with Gasteiger partial charge in [-0.1, -0.05) is 89.6 Å². The Morgan fingerprint density at radius 2 is 1.59 bits per heavy atom. The highest BCUT2D eigenvalue weighted by Gasteiger charge is 2.48. The number of Topliss-reactive ketones (excluding diaryl/α,β-unsaturated/α-hetero) is 3. The van der Waals surface area contributed by atoms with Crippen LogP contribution in [0.5, 0.6) is 5.75 Å². The first-order valence-electron chi connectivity index (χ1n) is 24.5. The highest BCUT2D eigenvalue weighted by atomic mass is 35.5. The van der Waals surface area contributed by atoms with Gasteiger partial charge in [0.1, 0.15) is 41.6 Å². The summed E-state index contributed by atoms with van der Waals surface area (Å²) in [6, 6.07) is 10.0. The molecule has 2 aliphatic rings. The summed E-state index contributed by atoms with van der Waals surface area (Å²) in [7, 11) is 1.50. The fourth-order valence-electron chi connectivity index (χ4n) is 8.36. The fourth-order valence-corrected chi connectivity index (χ4v) is 8.64. The molecule has 0 saturated carbocycles. The van der Waals surface area contributed by atoms with Crippen molar-refractivity contribution in [3.05, 3.63) is 76.3 Å². The Labute approximate surface area is 418 Å². The van der Waals surface area contributed by atoms with Crippen LogP contribution >= 0.6 is 11.6 Å². The fraction of sp³-hybridized carbons (Fsp3) is 0.593. The molecule has 70 heavy (non-hydrogen) atoms. The number of cyclic esters (lactones) is 1. The van der Waals surface area contributed by atoms with Crippen LogP contribution in [-0.4, -0.2) is 90.9 Å². The van der Waals surface area contributed by atoms with Gasteiger partial charge in [0, 0.05) is 56.9 Å². The largest absolute Gasteiger partial charge is 0.495 e. The smallest absolute Gasteiger partial charge is 0.328 e. The minimum atomic E-state index is -1.16. The number of epoxide rings is 1. The maximum Gasteiger partial charge on any atom is 0.328 e. The molecule has 0 unspecified atom stereocenters. The maximum absolute atomic E-state index is 14.1. The van der Waals surface area contributed by atoms with Crippen LogP contribution in [0.4, 0.5) is 0 Å². The molecule has 2 heterocycles. The number of benzene rings is 2. The molecule has 0 bridgehead atoms. The first kappa shape index (κ1) is 57.2. The Kier molecular flexibility index (Phi) is 20.9. The number of hydrogen-bond acceptors (Lipinski definition) is 11. The molecular formula is C54H75ClN4O11. The molecular weight excluding hydrogens is 916 g/mol. The number of ketones is 3. The van der Waals surface area contributed by atoms with Gasteiger partial charge in [-0.3, -0.25) is 28.8 Å². The van der Waals surface area contributed by atoms with E-state index in [-0.39, 0.29) is 97.8 Å². The van der Waals surface area contributed by atoms with Gasteiger partial charge in [-0.15, -0.1) is 0 Å². The summed E-state index contributed by atoms with van der Waals surface area (Å²) >= 11 is 6.38. The summed E-state index contributed by atoms with van der Waals surface area (Å²) < 4.78 is 17.7. The third kappa shape index (κ3) is 17.8. The van der Waals surface area contributed by atoms with Gasteiger partial charge in [0.2, 0.25) is 23.6 Å². The van der Waals surface area contributed by atoms with Gasteiger partial charge in [0.15, 0.2) is 5.78 Å². The SMILES string of the molecule is COc1ccc(C[C@H]2NC(=O)/C=C/C[C@@H]([C@H](C)[C@H]3O[C@@H]3c3ccc(CCC(=O)[C@H](C)NC(=O)[C@@H](CC(=O)CCCC(C)=O)C(C)C)cc3)OC(=O)[C@H](CC(C)(C)C)NC(=O)C(C)(C)CNC2=O)cc1Cl. The lowest BCUT2D eigenvalue weighted by molar-refractivity contribution is -0.157. The molecule has 8 atom stereocenters. The Morgan fingerprint density at radius 3 is 2.20 bits per heavy atom. The van der Waals surface area contributed by atoms with Gasteiger partial charge in [-0.05, 0) is 93.2 Å². The first-order valence-corrected chi connectivity index (χ1v) is 24.8. The van der Waals surface area contributed by atoms with Crippen LogP contribution in [0.1, 0.15) is 137 Å². The zero-order valence-corrected chi connectivity index (χ0v) is 43.6. The molecule has 2 aromatic carbocycles. The summed E-state index contributed by atoms with van der Waals surface area (Å²) in [5.74, 6) is -3.27. The van der Waals surface area contributed by atoms with E-state index in [0.29, 0.717) is 35.6 Å². The molecule has 384 valence electrons. The third-order valence-electron chi connectivity index (χ3n) is 12.9. The van der Waals surface area contributed by atoms with Crippen LogP contribution in [0, 0.1) is 28.6 Å². The lowest BCUT2D eigenvalue weighted by Gasteiger charge is -2.32. The Morgan fingerprint density at radius 1 is 0.914 bits per heavy atom. The third-order valence-corrected chi connectivity index (χ3v) is 13.2. The van der Waals surface area contributed by atoms with E-state index >= 15 is 0 Å². The van der Waals surface area contributed by atoms with Crippen molar-refractivity contribution in [2.45, 2.75) is 163 Å². The molecule has 4 rings (SSSR count). The minimum Gasteiger partial charge on any atom is -0.495 e. The number of carbonyl (C=O) groups is 8. The number of ether oxygens (including phenoxy) is 3. The molecule has 15 nitrogen and oxygen atoms in total. The number of methoxy groups -OCH3 is 1. The summed E-state index contributed by atoms with van der Waals surface area (Å²) in [6.45, 7) is 17.9. The van der Waals surface area contributed by atoms with E-state index in [2.05, 4.69) is 21.3 Å². The molecule has 4 N–H and O–H groups in total. The molecule has 0 aromatic heterocycles. The number of halogens is 1. The quantitative estimate of drug-likeness (QED) is 0.0777. The van der Waals surface area contributed by atoms with E-state index in [0.717, 1.165) is 11.1 Å². The van der Waals surface area contributed by atoms with Gasteiger partial charge >= 0.3 is 5.97 Å². The molecule has 16 heteroatoms. The van der Waals surface area contributed by atoms with Crippen molar-refractivity contribution in [1.82, 2.24) is 21.3 Å². The van der Waals surface area contributed by atoms with Crippen molar-refractivity contribution >= 4 is 58.5 Å². The highest BCUT2D eigenvalue weighted by molar-refractivity contribution is 6.32. The van der Waals surface area contributed by atoms with Crippen molar-refractivity contribution in [3.63, 3.8) is 0 Å². The average Bonchev–Trinajstić information content (AvgIpc) is 4.08. The number of nitrogens with one attached hydrogen (secondary N) is 4. The van der Waals surface area contributed by atoms with Crippen LogP contribution in [0.15, 0.2) is 54.6 Å². The molecule has 0 spiro atoms. The van der Waals surface area contributed by atoms with E-state index < -0.39 is 59.3 Å². The van der Waals surface area contributed by atoms with Gasteiger partial charge in [0.05, 0.1) is 29.7 Å². The van der Waals surface area contributed by atoms with Crippen LogP contribution in [-0.2, 0) is 60.7 Å². The Balaban J connectivity index is 1.45. The molecule has 2 aromatic rings.